The maximum atomic E-state index is 10.4. The van der Waals surface area contributed by atoms with Crippen molar-refractivity contribution in [1.29, 1.82) is 0 Å². The zero-order chi connectivity index (χ0) is 20.7. The van der Waals surface area contributed by atoms with Gasteiger partial charge in [0.1, 0.15) is 35.2 Å². The molecule has 0 atom stereocenters. The van der Waals surface area contributed by atoms with Crippen LogP contribution in [0.1, 0.15) is 44.4 Å². The highest BCUT2D eigenvalue weighted by Gasteiger charge is 2.27. The van der Waals surface area contributed by atoms with E-state index >= 15 is 0 Å². The number of rotatable bonds is 4. The van der Waals surface area contributed by atoms with Gasteiger partial charge in [0.2, 0.25) is 0 Å². The van der Waals surface area contributed by atoms with Crippen molar-refractivity contribution >= 4 is 11.0 Å². The first-order chi connectivity index (χ1) is 13.8. The van der Waals surface area contributed by atoms with Crippen LogP contribution in [-0.2, 0) is 19.4 Å². The molecule has 1 aromatic heterocycles. The average molecular weight is 390 g/mol. The lowest BCUT2D eigenvalue weighted by Crippen LogP contribution is -2.04. The number of benzene rings is 2. The van der Waals surface area contributed by atoms with Crippen LogP contribution in [-0.4, -0.2) is 10.2 Å². The predicted octanol–water partition coefficient (Wildman–Crippen LogP) is 6.42. The largest absolute Gasteiger partial charge is 0.508 e. The van der Waals surface area contributed by atoms with Crippen LogP contribution in [0.4, 0.5) is 0 Å². The second-order valence-corrected chi connectivity index (χ2v) is 8.09. The van der Waals surface area contributed by atoms with E-state index in [9.17, 15) is 10.2 Å². The SMILES string of the molecule is CC(C)=CCc1cc2c(cc1O)OCc1c-2oc2c(CC=C(C)C)c(O)ccc12. The topological polar surface area (TPSA) is 62.8 Å². The summed E-state index contributed by atoms with van der Waals surface area (Å²) < 4.78 is 12.3. The molecule has 2 heterocycles. The molecular weight excluding hydrogens is 364 g/mol. The number of furan rings is 1. The highest BCUT2D eigenvalue weighted by Crippen LogP contribution is 2.46. The molecule has 3 aromatic rings. The Kier molecular flexibility index (Phi) is 4.87. The van der Waals surface area contributed by atoms with E-state index in [4.69, 9.17) is 9.15 Å². The molecule has 0 bridgehead atoms. The molecule has 2 aromatic carbocycles. The Hall–Kier alpha value is -3.14. The first-order valence-corrected chi connectivity index (χ1v) is 9.87. The molecule has 29 heavy (non-hydrogen) atoms. The first kappa shape index (κ1) is 19.2. The summed E-state index contributed by atoms with van der Waals surface area (Å²) >= 11 is 0. The fraction of sp³-hybridized carbons (Fsp3) is 0.280. The summed E-state index contributed by atoms with van der Waals surface area (Å²) in [5.41, 5.74) is 6.50. The minimum absolute atomic E-state index is 0.225. The maximum absolute atomic E-state index is 10.4. The second-order valence-electron chi connectivity index (χ2n) is 8.09. The van der Waals surface area contributed by atoms with Gasteiger partial charge in [-0.1, -0.05) is 23.3 Å². The fourth-order valence-corrected chi connectivity index (χ4v) is 3.66. The molecule has 0 radical (unpaired) electrons. The number of fused-ring (bicyclic) bond motifs is 5. The minimum Gasteiger partial charge on any atom is -0.508 e. The molecule has 1 aliphatic rings. The van der Waals surface area contributed by atoms with Crippen LogP contribution >= 0.6 is 0 Å². The van der Waals surface area contributed by atoms with E-state index in [1.807, 2.05) is 39.8 Å². The Balaban J connectivity index is 1.88. The van der Waals surface area contributed by atoms with Crippen LogP contribution in [0, 0.1) is 0 Å². The molecule has 0 amide bonds. The van der Waals surface area contributed by atoms with Crippen LogP contribution in [0.15, 0.2) is 52.0 Å². The summed E-state index contributed by atoms with van der Waals surface area (Å²) in [6.07, 6.45) is 5.41. The number of aromatic hydroxyl groups is 2. The van der Waals surface area contributed by atoms with Crippen molar-refractivity contribution < 1.29 is 19.4 Å². The predicted molar refractivity (Wildman–Crippen MR) is 116 cm³/mol. The lowest BCUT2D eigenvalue weighted by atomic mass is 9.97. The molecule has 0 aliphatic carbocycles. The van der Waals surface area contributed by atoms with Gasteiger partial charge in [-0.15, -0.1) is 0 Å². The molecule has 2 N–H and O–H groups in total. The smallest absolute Gasteiger partial charge is 0.145 e. The van der Waals surface area contributed by atoms with Gasteiger partial charge < -0.3 is 19.4 Å². The minimum atomic E-state index is 0.225. The van der Waals surface area contributed by atoms with E-state index in [-0.39, 0.29) is 11.5 Å². The second kappa shape index (κ2) is 7.36. The summed E-state index contributed by atoms with van der Waals surface area (Å²) in [4.78, 5) is 0. The van der Waals surface area contributed by atoms with Gasteiger partial charge in [-0.2, -0.15) is 0 Å². The van der Waals surface area contributed by atoms with Crippen molar-refractivity contribution in [2.75, 3.05) is 0 Å². The number of phenols is 2. The number of hydrogen-bond acceptors (Lipinski definition) is 4. The van der Waals surface area contributed by atoms with E-state index in [2.05, 4.69) is 12.2 Å². The van der Waals surface area contributed by atoms with Gasteiger partial charge in [0.05, 0.1) is 5.56 Å². The highest BCUT2D eigenvalue weighted by molar-refractivity contribution is 5.93. The van der Waals surface area contributed by atoms with E-state index in [0.717, 1.165) is 33.4 Å². The van der Waals surface area contributed by atoms with Crippen LogP contribution < -0.4 is 4.74 Å². The Bertz CT molecular complexity index is 1150. The van der Waals surface area contributed by atoms with Crippen LogP contribution in [0.2, 0.25) is 0 Å². The summed E-state index contributed by atoms with van der Waals surface area (Å²) in [6.45, 7) is 8.52. The third-order valence-electron chi connectivity index (χ3n) is 5.28. The summed E-state index contributed by atoms with van der Waals surface area (Å²) in [5, 5.41) is 21.8. The van der Waals surface area contributed by atoms with Crippen molar-refractivity contribution in [3.63, 3.8) is 0 Å². The lowest BCUT2D eigenvalue weighted by molar-refractivity contribution is 0.298. The summed E-state index contributed by atoms with van der Waals surface area (Å²) in [5.74, 6) is 1.83. The standard InChI is InChI=1S/C25H26O4/c1-14(2)5-7-16-11-19-23(12-22(16)27)28-13-20-17-9-10-21(26)18(8-6-15(3)4)24(17)29-25(19)20/h5-6,9-12,26-27H,7-8,13H2,1-4H3. The van der Waals surface area contributed by atoms with Gasteiger partial charge in [0.25, 0.3) is 0 Å². The Morgan fingerprint density at radius 1 is 0.966 bits per heavy atom. The third kappa shape index (κ3) is 3.51. The van der Waals surface area contributed by atoms with Gasteiger partial charge in [-0.25, -0.2) is 0 Å². The zero-order valence-electron chi connectivity index (χ0n) is 17.3. The first-order valence-electron chi connectivity index (χ1n) is 9.87. The van der Waals surface area contributed by atoms with E-state index in [1.54, 1.807) is 12.1 Å². The average Bonchev–Trinajstić information content (AvgIpc) is 3.04. The van der Waals surface area contributed by atoms with Crippen molar-refractivity contribution in [2.45, 2.75) is 47.1 Å². The molecule has 0 saturated carbocycles. The lowest BCUT2D eigenvalue weighted by Gasteiger charge is -2.18. The third-order valence-corrected chi connectivity index (χ3v) is 5.28. The monoisotopic (exact) mass is 390 g/mol. The highest BCUT2D eigenvalue weighted by atomic mass is 16.5. The van der Waals surface area contributed by atoms with Crippen molar-refractivity contribution in [2.24, 2.45) is 0 Å². The van der Waals surface area contributed by atoms with Gasteiger partial charge >= 0.3 is 0 Å². The summed E-state index contributed by atoms with van der Waals surface area (Å²) in [6, 6.07) is 7.22. The number of phenolic OH excluding ortho intramolecular Hbond substituents is 2. The molecule has 4 rings (SSSR count). The van der Waals surface area contributed by atoms with Crippen LogP contribution in [0.3, 0.4) is 0 Å². The normalized spacial score (nSPS) is 12.1. The van der Waals surface area contributed by atoms with Gasteiger partial charge in [0, 0.05) is 22.6 Å². The molecular formula is C25H26O4. The molecule has 1 aliphatic heterocycles. The van der Waals surface area contributed by atoms with Crippen molar-refractivity contribution in [3.8, 4) is 28.6 Å². The Labute approximate surface area is 170 Å². The molecule has 0 spiro atoms. The quantitative estimate of drug-likeness (QED) is 0.505. The van der Waals surface area contributed by atoms with Crippen molar-refractivity contribution in [1.82, 2.24) is 0 Å². The van der Waals surface area contributed by atoms with Crippen molar-refractivity contribution in [3.05, 3.63) is 64.3 Å². The van der Waals surface area contributed by atoms with Gasteiger partial charge in [-0.05, 0) is 64.3 Å². The fourth-order valence-electron chi connectivity index (χ4n) is 3.66. The molecule has 4 nitrogen and oxygen atoms in total. The van der Waals surface area contributed by atoms with Crippen LogP contribution in [0.25, 0.3) is 22.3 Å². The molecule has 0 saturated heterocycles. The van der Waals surface area contributed by atoms with Gasteiger partial charge in [-0.3, -0.25) is 0 Å². The number of hydrogen-bond donors (Lipinski definition) is 2. The molecule has 0 unspecified atom stereocenters. The van der Waals surface area contributed by atoms with Crippen LogP contribution in [0.5, 0.6) is 17.2 Å². The molecule has 150 valence electrons. The Morgan fingerprint density at radius 3 is 2.41 bits per heavy atom. The maximum Gasteiger partial charge on any atom is 0.145 e. The van der Waals surface area contributed by atoms with E-state index in [0.29, 0.717) is 30.8 Å². The number of allylic oxidation sites excluding steroid dienone is 4. The zero-order valence-corrected chi connectivity index (χ0v) is 17.3. The Morgan fingerprint density at radius 2 is 1.69 bits per heavy atom. The number of ether oxygens (including phenoxy) is 1. The van der Waals surface area contributed by atoms with E-state index < -0.39 is 0 Å². The summed E-state index contributed by atoms with van der Waals surface area (Å²) in [7, 11) is 0. The van der Waals surface area contributed by atoms with Gasteiger partial charge in [0.15, 0.2) is 0 Å². The molecule has 4 heteroatoms. The van der Waals surface area contributed by atoms with E-state index in [1.165, 1.54) is 11.1 Å². The molecule has 0 fully saturated rings.